The topological polar surface area (TPSA) is 91.4 Å². The molecule has 11 heteroatoms. The second-order valence-corrected chi connectivity index (χ2v) is 10.6. The molecule has 0 spiro atoms. The van der Waals surface area contributed by atoms with Crippen molar-refractivity contribution < 1.29 is 33.3 Å². The van der Waals surface area contributed by atoms with Crippen LogP contribution in [0.5, 0.6) is 23.0 Å². The number of nitrogens with zero attached hydrogens (tertiary/aromatic N) is 1. The van der Waals surface area contributed by atoms with Crippen LogP contribution in [0.25, 0.3) is 6.08 Å². The number of carbonyl (C=O) groups is 3. The van der Waals surface area contributed by atoms with Crippen molar-refractivity contribution in [2.75, 3.05) is 26.9 Å². The van der Waals surface area contributed by atoms with Crippen molar-refractivity contribution in [3.63, 3.8) is 0 Å². The van der Waals surface area contributed by atoms with Gasteiger partial charge in [0.1, 0.15) is 18.1 Å². The summed E-state index contributed by atoms with van der Waals surface area (Å²) in [6.45, 7) is 2.32. The van der Waals surface area contributed by atoms with E-state index in [4.69, 9.17) is 30.5 Å². The zero-order valence-corrected chi connectivity index (χ0v) is 24.7. The molecule has 8 nitrogen and oxygen atoms in total. The Kier molecular flexibility index (Phi) is 9.76. The van der Waals surface area contributed by atoms with Gasteiger partial charge in [-0.1, -0.05) is 23.7 Å². The van der Waals surface area contributed by atoms with Crippen molar-refractivity contribution in [3.05, 3.63) is 85.3 Å². The molecule has 3 aromatic carbocycles. The van der Waals surface area contributed by atoms with E-state index in [9.17, 15) is 14.4 Å². The lowest BCUT2D eigenvalue weighted by atomic mass is 10.1. The lowest BCUT2D eigenvalue weighted by Gasteiger charge is -2.14. The highest BCUT2D eigenvalue weighted by molar-refractivity contribution is 14.1. The molecule has 39 heavy (non-hydrogen) atoms. The minimum absolute atomic E-state index is 0.0786. The number of para-hydroxylation sites is 1. The Morgan fingerprint density at radius 1 is 1.05 bits per heavy atom. The van der Waals surface area contributed by atoms with E-state index in [-0.39, 0.29) is 23.8 Å². The third-order valence-corrected chi connectivity index (χ3v) is 7.45. The van der Waals surface area contributed by atoms with E-state index >= 15 is 0 Å². The Hall–Kier alpha value is -3.22. The Bertz CT molecular complexity index is 1430. The van der Waals surface area contributed by atoms with E-state index in [0.717, 1.165) is 16.7 Å². The van der Waals surface area contributed by atoms with Gasteiger partial charge >= 0.3 is 5.97 Å². The molecule has 4 rings (SSSR count). The third kappa shape index (κ3) is 7.06. The van der Waals surface area contributed by atoms with E-state index in [1.807, 2.05) is 29.5 Å². The Balaban J connectivity index is 1.49. The molecule has 1 fully saturated rings. The summed E-state index contributed by atoms with van der Waals surface area (Å²) in [6.07, 6.45) is 1.61. The number of imide groups is 1. The average Bonchev–Trinajstić information content (AvgIpc) is 3.19. The maximum Gasteiger partial charge on any atom is 0.343 e. The normalized spacial score (nSPS) is 14.1. The zero-order valence-electron chi connectivity index (χ0n) is 20.9. The first kappa shape index (κ1) is 28.8. The molecule has 0 atom stereocenters. The van der Waals surface area contributed by atoms with Crippen LogP contribution in [0.4, 0.5) is 4.79 Å². The molecule has 0 N–H and O–H groups in total. The minimum atomic E-state index is -0.551. The summed E-state index contributed by atoms with van der Waals surface area (Å²) in [6, 6.07) is 16.9. The van der Waals surface area contributed by atoms with Gasteiger partial charge in [0, 0.05) is 0 Å². The van der Waals surface area contributed by atoms with Crippen molar-refractivity contribution in [1.82, 2.24) is 4.90 Å². The third-order valence-electron chi connectivity index (χ3n) is 5.43. The lowest BCUT2D eigenvalue weighted by Crippen LogP contribution is -2.32. The van der Waals surface area contributed by atoms with E-state index in [2.05, 4.69) is 0 Å². The van der Waals surface area contributed by atoms with Crippen LogP contribution in [0.2, 0.25) is 5.02 Å². The van der Waals surface area contributed by atoms with Gasteiger partial charge in [-0.3, -0.25) is 14.5 Å². The van der Waals surface area contributed by atoms with E-state index in [1.54, 1.807) is 73.8 Å². The first-order chi connectivity index (χ1) is 18.8. The van der Waals surface area contributed by atoms with Crippen LogP contribution in [0.15, 0.2) is 65.6 Å². The second kappa shape index (κ2) is 13.2. The molecule has 0 bridgehead atoms. The molecule has 3 aromatic rings. The number of rotatable bonds is 10. The number of amides is 2. The summed E-state index contributed by atoms with van der Waals surface area (Å²) in [4.78, 5) is 39.6. The fourth-order valence-electron chi connectivity index (χ4n) is 3.56. The van der Waals surface area contributed by atoms with Gasteiger partial charge < -0.3 is 18.9 Å². The number of carbonyl (C=O) groups excluding carboxylic acids is 3. The minimum Gasteiger partial charge on any atom is -0.497 e. The monoisotopic (exact) mass is 679 g/mol. The van der Waals surface area contributed by atoms with Crippen LogP contribution in [-0.4, -0.2) is 48.9 Å². The smallest absolute Gasteiger partial charge is 0.343 e. The molecule has 0 radical (unpaired) electrons. The first-order valence-electron chi connectivity index (χ1n) is 11.8. The number of halogens is 2. The number of methoxy groups -OCH3 is 1. The number of esters is 1. The van der Waals surface area contributed by atoms with Gasteiger partial charge in [-0.05, 0) is 101 Å². The summed E-state index contributed by atoms with van der Waals surface area (Å²) in [5, 5.41) is 0.0585. The highest BCUT2D eigenvalue weighted by Gasteiger charge is 2.35. The molecular formula is C28H23ClINO7S. The lowest BCUT2D eigenvalue weighted by molar-refractivity contribution is -0.123. The fourth-order valence-corrected chi connectivity index (χ4v) is 5.36. The van der Waals surface area contributed by atoms with Crippen molar-refractivity contribution in [2.24, 2.45) is 0 Å². The maximum absolute atomic E-state index is 13.0. The van der Waals surface area contributed by atoms with Crippen molar-refractivity contribution in [2.45, 2.75) is 6.92 Å². The molecule has 0 aliphatic carbocycles. The van der Waals surface area contributed by atoms with Gasteiger partial charge in [-0.15, -0.1) is 0 Å². The summed E-state index contributed by atoms with van der Waals surface area (Å²) in [5.41, 5.74) is 0.968. The van der Waals surface area contributed by atoms with E-state index in [1.165, 1.54) is 0 Å². The van der Waals surface area contributed by atoms with Crippen LogP contribution in [-0.2, 0) is 4.79 Å². The standard InChI is InChI=1S/C28H23ClINO7S/c1-3-36-23-15-17(14-21(30)25(23)38-27(33)18-8-10-19(35-2)11-9-18)16-24-26(32)31(28(34)39-24)12-13-37-22-7-5-4-6-20(22)29/h4-11,14-16H,3,12-13H2,1-2H3/b24-16-. The van der Waals surface area contributed by atoms with Crippen LogP contribution in [0.3, 0.4) is 0 Å². The highest BCUT2D eigenvalue weighted by Crippen LogP contribution is 2.38. The molecule has 1 aliphatic rings. The van der Waals surface area contributed by atoms with E-state index in [0.29, 0.717) is 43.6 Å². The quantitative estimate of drug-likeness (QED) is 0.101. The van der Waals surface area contributed by atoms with Crippen molar-refractivity contribution >= 4 is 69.1 Å². The predicted molar refractivity (Wildman–Crippen MR) is 158 cm³/mol. The number of ether oxygens (including phenoxy) is 4. The molecule has 1 saturated heterocycles. The molecule has 1 aliphatic heterocycles. The summed E-state index contributed by atoms with van der Waals surface area (Å²) in [5.74, 6) is 0.732. The highest BCUT2D eigenvalue weighted by atomic mass is 127. The molecule has 0 saturated carbocycles. The number of hydrogen-bond donors (Lipinski definition) is 0. The zero-order chi connectivity index (χ0) is 27.9. The molecule has 0 aromatic heterocycles. The SMILES string of the molecule is CCOc1cc(/C=C2\SC(=O)N(CCOc3ccccc3Cl)C2=O)cc(I)c1OC(=O)c1ccc(OC)cc1. The molecule has 202 valence electrons. The Morgan fingerprint density at radius 3 is 2.49 bits per heavy atom. The molecule has 2 amide bonds. The van der Waals surface area contributed by atoms with Crippen LogP contribution in [0.1, 0.15) is 22.8 Å². The van der Waals surface area contributed by atoms with E-state index < -0.39 is 17.1 Å². The Labute approximate surface area is 248 Å². The number of thioether (sulfide) groups is 1. The first-order valence-corrected chi connectivity index (χ1v) is 14.0. The fraction of sp³-hybridized carbons (Fsp3) is 0.179. The van der Waals surface area contributed by atoms with Crippen LogP contribution in [0, 0.1) is 3.57 Å². The molecule has 0 unspecified atom stereocenters. The van der Waals surface area contributed by atoms with Gasteiger partial charge in [0.05, 0.1) is 39.3 Å². The van der Waals surface area contributed by atoms with Crippen LogP contribution < -0.4 is 18.9 Å². The van der Waals surface area contributed by atoms with Gasteiger partial charge in [0.15, 0.2) is 11.5 Å². The average molecular weight is 680 g/mol. The maximum atomic E-state index is 13.0. The van der Waals surface area contributed by atoms with Gasteiger partial charge in [-0.2, -0.15) is 0 Å². The number of benzene rings is 3. The van der Waals surface area contributed by atoms with Crippen LogP contribution >= 0.6 is 46.0 Å². The predicted octanol–water partition coefficient (Wildman–Crippen LogP) is 6.69. The summed E-state index contributed by atoms with van der Waals surface area (Å²) >= 11 is 8.97. The number of hydrogen-bond acceptors (Lipinski definition) is 8. The Morgan fingerprint density at radius 2 is 1.79 bits per heavy atom. The molecule has 1 heterocycles. The second-order valence-electron chi connectivity index (χ2n) is 7.99. The largest absolute Gasteiger partial charge is 0.497 e. The van der Waals surface area contributed by atoms with Crippen molar-refractivity contribution in [1.29, 1.82) is 0 Å². The summed E-state index contributed by atoms with van der Waals surface area (Å²) in [7, 11) is 1.54. The van der Waals surface area contributed by atoms with Gasteiger partial charge in [-0.25, -0.2) is 4.79 Å². The van der Waals surface area contributed by atoms with Crippen molar-refractivity contribution in [3.8, 4) is 23.0 Å². The van der Waals surface area contributed by atoms with Gasteiger partial charge in [0.25, 0.3) is 11.1 Å². The molecular weight excluding hydrogens is 657 g/mol. The summed E-state index contributed by atoms with van der Waals surface area (Å²) < 4.78 is 22.8. The van der Waals surface area contributed by atoms with Gasteiger partial charge in [0.2, 0.25) is 0 Å².